The van der Waals surface area contributed by atoms with Crippen molar-refractivity contribution in [3.05, 3.63) is 85.0 Å². The molecule has 4 aromatic rings. The molecule has 5 nitrogen and oxygen atoms in total. The molecule has 0 aliphatic carbocycles. The van der Waals surface area contributed by atoms with Gasteiger partial charge in [0.15, 0.2) is 6.61 Å². The average molecular weight is 358 g/mol. The van der Waals surface area contributed by atoms with Gasteiger partial charge in [0.25, 0.3) is 5.91 Å². The molecular formula is C22H18N2O3. The number of benzene rings is 2. The number of carbonyl (C=O) groups is 1. The van der Waals surface area contributed by atoms with E-state index in [1.807, 2.05) is 60.7 Å². The van der Waals surface area contributed by atoms with E-state index in [1.165, 1.54) is 0 Å². The second kappa shape index (κ2) is 7.74. The van der Waals surface area contributed by atoms with Crippen LogP contribution in [0.1, 0.15) is 5.56 Å². The average Bonchev–Trinajstić information content (AvgIpc) is 3.26. The van der Waals surface area contributed by atoms with Gasteiger partial charge in [-0.15, -0.1) is 0 Å². The Balaban J connectivity index is 1.29. The number of aromatic nitrogens is 1. The lowest BCUT2D eigenvalue weighted by Gasteiger charge is -2.08. The fourth-order valence-corrected chi connectivity index (χ4v) is 2.77. The quantitative estimate of drug-likeness (QED) is 0.561. The first-order valence-corrected chi connectivity index (χ1v) is 8.64. The van der Waals surface area contributed by atoms with Gasteiger partial charge in [0, 0.05) is 18.3 Å². The van der Waals surface area contributed by atoms with E-state index in [0.717, 1.165) is 27.6 Å². The monoisotopic (exact) mass is 358 g/mol. The molecule has 0 spiro atoms. The summed E-state index contributed by atoms with van der Waals surface area (Å²) in [6.07, 6.45) is 5.00. The molecule has 0 aliphatic rings. The van der Waals surface area contributed by atoms with Crippen molar-refractivity contribution < 1.29 is 13.9 Å². The van der Waals surface area contributed by atoms with Crippen LogP contribution in [0.25, 0.3) is 22.0 Å². The highest BCUT2D eigenvalue weighted by Gasteiger charge is 2.05. The Morgan fingerprint density at radius 1 is 1.04 bits per heavy atom. The number of rotatable bonds is 6. The van der Waals surface area contributed by atoms with Crippen LogP contribution in [0.4, 0.5) is 0 Å². The van der Waals surface area contributed by atoms with E-state index < -0.39 is 0 Å². The van der Waals surface area contributed by atoms with Gasteiger partial charge in [0.2, 0.25) is 0 Å². The Kier molecular flexibility index (Phi) is 4.83. The summed E-state index contributed by atoms with van der Waals surface area (Å²) in [4.78, 5) is 16.4. The highest BCUT2D eigenvalue weighted by atomic mass is 16.5. The van der Waals surface area contributed by atoms with Crippen LogP contribution in [-0.4, -0.2) is 17.5 Å². The molecule has 27 heavy (non-hydrogen) atoms. The minimum Gasteiger partial charge on any atom is -0.484 e. The number of nitrogens with one attached hydrogen (secondary N) is 1. The molecule has 134 valence electrons. The van der Waals surface area contributed by atoms with Gasteiger partial charge in [-0.3, -0.25) is 9.78 Å². The first-order valence-electron chi connectivity index (χ1n) is 8.64. The third-order valence-corrected chi connectivity index (χ3v) is 4.22. The highest BCUT2D eigenvalue weighted by molar-refractivity contribution is 5.84. The van der Waals surface area contributed by atoms with E-state index in [1.54, 1.807) is 18.7 Å². The summed E-state index contributed by atoms with van der Waals surface area (Å²) in [7, 11) is 0. The van der Waals surface area contributed by atoms with Crippen molar-refractivity contribution in [2.45, 2.75) is 6.54 Å². The Morgan fingerprint density at radius 2 is 1.93 bits per heavy atom. The van der Waals surface area contributed by atoms with Gasteiger partial charge >= 0.3 is 0 Å². The molecule has 0 radical (unpaired) electrons. The van der Waals surface area contributed by atoms with E-state index >= 15 is 0 Å². The van der Waals surface area contributed by atoms with Crippen molar-refractivity contribution >= 4 is 16.7 Å². The Bertz CT molecular complexity index is 1040. The van der Waals surface area contributed by atoms with Crippen LogP contribution in [0.2, 0.25) is 0 Å². The number of hydrogen-bond donors (Lipinski definition) is 1. The van der Waals surface area contributed by atoms with Crippen molar-refractivity contribution in [2.75, 3.05) is 6.61 Å². The first-order chi connectivity index (χ1) is 13.3. The zero-order chi connectivity index (χ0) is 18.5. The number of fused-ring (bicyclic) bond motifs is 1. The van der Waals surface area contributed by atoms with E-state index in [4.69, 9.17) is 9.15 Å². The molecule has 5 heteroatoms. The summed E-state index contributed by atoms with van der Waals surface area (Å²) in [6.45, 7) is 0.372. The zero-order valence-corrected chi connectivity index (χ0v) is 14.6. The van der Waals surface area contributed by atoms with Crippen LogP contribution in [-0.2, 0) is 11.3 Å². The van der Waals surface area contributed by atoms with Crippen LogP contribution in [0, 0.1) is 0 Å². The second-order valence-electron chi connectivity index (χ2n) is 6.14. The standard InChI is InChI=1S/C22H18N2O3/c25-22(15-27-20-7-6-17-3-1-2-4-18(17)11-20)24-13-16-5-8-21(23-12-16)19-9-10-26-14-19/h1-12,14H,13,15H2,(H,24,25). The molecular weight excluding hydrogens is 340 g/mol. The molecule has 1 N–H and O–H groups in total. The summed E-state index contributed by atoms with van der Waals surface area (Å²) >= 11 is 0. The molecule has 0 saturated carbocycles. The minimum atomic E-state index is -0.179. The van der Waals surface area contributed by atoms with Crippen LogP contribution >= 0.6 is 0 Å². The fourth-order valence-electron chi connectivity index (χ4n) is 2.77. The topological polar surface area (TPSA) is 64.4 Å². The fraction of sp³-hybridized carbons (Fsp3) is 0.0909. The van der Waals surface area contributed by atoms with E-state index in [9.17, 15) is 4.79 Å². The van der Waals surface area contributed by atoms with Gasteiger partial charge in [-0.25, -0.2) is 0 Å². The number of pyridine rings is 1. The lowest BCUT2D eigenvalue weighted by atomic mass is 10.1. The maximum absolute atomic E-state index is 12.0. The summed E-state index contributed by atoms with van der Waals surface area (Å²) in [5.74, 6) is 0.497. The van der Waals surface area contributed by atoms with Gasteiger partial charge < -0.3 is 14.5 Å². The normalized spacial score (nSPS) is 10.7. The Morgan fingerprint density at radius 3 is 2.70 bits per heavy atom. The lowest BCUT2D eigenvalue weighted by molar-refractivity contribution is -0.123. The number of carbonyl (C=O) groups excluding carboxylic acids is 1. The van der Waals surface area contributed by atoms with Crippen molar-refractivity contribution in [1.29, 1.82) is 0 Å². The number of nitrogens with zero attached hydrogens (tertiary/aromatic N) is 1. The zero-order valence-electron chi connectivity index (χ0n) is 14.6. The van der Waals surface area contributed by atoms with Crippen LogP contribution in [0.15, 0.2) is 83.8 Å². The van der Waals surface area contributed by atoms with E-state index in [0.29, 0.717) is 12.3 Å². The van der Waals surface area contributed by atoms with Crippen molar-refractivity contribution in [3.63, 3.8) is 0 Å². The molecule has 0 bridgehead atoms. The number of ether oxygens (including phenoxy) is 1. The lowest BCUT2D eigenvalue weighted by Crippen LogP contribution is -2.28. The first kappa shape index (κ1) is 16.8. The molecule has 0 saturated heterocycles. The second-order valence-corrected chi connectivity index (χ2v) is 6.14. The van der Waals surface area contributed by atoms with Crippen molar-refractivity contribution in [2.24, 2.45) is 0 Å². The summed E-state index contributed by atoms with van der Waals surface area (Å²) in [5, 5.41) is 5.06. The molecule has 4 rings (SSSR count). The minimum absolute atomic E-state index is 0.0289. The van der Waals surface area contributed by atoms with Gasteiger partial charge in [-0.1, -0.05) is 36.4 Å². The Labute approximate surface area is 156 Å². The summed E-state index contributed by atoms with van der Waals surface area (Å²) in [5.41, 5.74) is 2.68. The number of amides is 1. The molecule has 2 aromatic heterocycles. The molecule has 0 aliphatic heterocycles. The van der Waals surface area contributed by atoms with Crippen LogP contribution in [0.3, 0.4) is 0 Å². The molecule has 0 atom stereocenters. The molecule has 2 heterocycles. The SMILES string of the molecule is O=C(COc1ccc2ccccc2c1)NCc1ccc(-c2ccoc2)nc1. The predicted octanol–water partition coefficient (Wildman–Crippen LogP) is 4.19. The number of furan rings is 1. The van der Waals surface area contributed by atoms with E-state index in [-0.39, 0.29) is 12.5 Å². The number of hydrogen-bond acceptors (Lipinski definition) is 4. The maximum atomic E-state index is 12.0. The predicted molar refractivity (Wildman–Crippen MR) is 103 cm³/mol. The third-order valence-electron chi connectivity index (χ3n) is 4.22. The summed E-state index contributed by atoms with van der Waals surface area (Å²) in [6, 6.07) is 19.5. The van der Waals surface area contributed by atoms with Crippen molar-refractivity contribution in [3.8, 4) is 17.0 Å². The maximum Gasteiger partial charge on any atom is 0.258 e. The molecule has 0 fully saturated rings. The largest absolute Gasteiger partial charge is 0.484 e. The van der Waals surface area contributed by atoms with Gasteiger partial charge in [0.05, 0.1) is 18.2 Å². The summed E-state index contributed by atoms with van der Waals surface area (Å²) < 4.78 is 10.6. The van der Waals surface area contributed by atoms with Crippen molar-refractivity contribution in [1.82, 2.24) is 10.3 Å². The van der Waals surface area contributed by atoms with E-state index in [2.05, 4.69) is 10.3 Å². The molecule has 1 amide bonds. The molecule has 0 unspecified atom stereocenters. The van der Waals surface area contributed by atoms with Crippen LogP contribution < -0.4 is 10.1 Å². The van der Waals surface area contributed by atoms with Gasteiger partial charge in [-0.2, -0.15) is 0 Å². The molecule has 2 aromatic carbocycles. The smallest absolute Gasteiger partial charge is 0.258 e. The highest BCUT2D eigenvalue weighted by Crippen LogP contribution is 2.20. The van der Waals surface area contributed by atoms with Gasteiger partial charge in [-0.05, 0) is 40.6 Å². The Hall–Kier alpha value is -3.60. The van der Waals surface area contributed by atoms with Crippen LogP contribution in [0.5, 0.6) is 5.75 Å². The van der Waals surface area contributed by atoms with Gasteiger partial charge in [0.1, 0.15) is 5.75 Å². The third kappa shape index (κ3) is 4.15.